The lowest BCUT2D eigenvalue weighted by molar-refractivity contribution is 0.0716. The van der Waals surface area contributed by atoms with Crippen LogP contribution < -0.4 is 0 Å². The quantitative estimate of drug-likeness (QED) is 0.805. The minimum atomic E-state index is 0.0931. The van der Waals surface area contributed by atoms with E-state index in [1.165, 1.54) is 16.7 Å². The first-order chi connectivity index (χ1) is 7.22. The van der Waals surface area contributed by atoms with Crippen LogP contribution >= 0.6 is 0 Å². The van der Waals surface area contributed by atoms with Crippen LogP contribution in [0.5, 0.6) is 0 Å². The number of rotatable bonds is 2. The maximum absolute atomic E-state index is 9.26. The highest BCUT2D eigenvalue weighted by Crippen LogP contribution is 2.35. The average molecular weight is 206 g/mol. The molecule has 2 unspecified atom stereocenters. The molecule has 1 N–H and O–H groups in total. The van der Waals surface area contributed by atoms with Crippen molar-refractivity contribution in [2.45, 2.75) is 26.4 Å². The molecule has 1 fully saturated rings. The van der Waals surface area contributed by atoms with Gasteiger partial charge in [-0.3, -0.25) is 0 Å². The molecule has 0 aliphatic carbocycles. The summed E-state index contributed by atoms with van der Waals surface area (Å²) >= 11 is 0. The zero-order valence-electron chi connectivity index (χ0n) is 9.36. The molecule has 1 aromatic carbocycles. The van der Waals surface area contributed by atoms with Gasteiger partial charge in [0.2, 0.25) is 0 Å². The Labute approximate surface area is 90.9 Å². The van der Waals surface area contributed by atoms with E-state index in [-0.39, 0.29) is 18.6 Å². The van der Waals surface area contributed by atoms with Crippen LogP contribution in [-0.2, 0) is 4.74 Å². The van der Waals surface area contributed by atoms with E-state index in [2.05, 4.69) is 32.0 Å². The van der Waals surface area contributed by atoms with Gasteiger partial charge in [-0.1, -0.05) is 23.8 Å². The third-order valence-electron chi connectivity index (χ3n) is 3.18. The Bertz CT molecular complexity index is 346. The fourth-order valence-corrected chi connectivity index (χ4v) is 2.31. The fourth-order valence-electron chi connectivity index (χ4n) is 2.31. The standard InChI is InChI=1S/C13H18O2/c1-9-3-4-12(10(2)7-9)13-11(8-14)5-6-15-13/h3-4,7,11,13-14H,5-6,8H2,1-2H3. The van der Waals surface area contributed by atoms with Gasteiger partial charge in [0.15, 0.2) is 0 Å². The largest absolute Gasteiger partial charge is 0.396 e. The monoisotopic (exact) mass is 206 g/mol. The third-order valence-corrected chi connectivity index (χ3v) is 3.18. The highest BCUT2D eigenvalue weighted by molar-refractivity contribution is 5.32. The van der Waals surface area contributed by atoms with Crippen molar-refractivity contribution in [3.8, 4) is 0 Å². The summed E-state index contributed by atoms with van der Waals surface area (Å²) in [6.45, 7) is 5.19. The fraction of sp³-hybridized carbons (Fsp3) is 0.538. The highest BCUT2D eigenvalue weighted by Gasteiger charge is 2.29. The second kappa shape index (κ2) is 4.33. The van der Waals surface area contributed by atoms with Crippen molar-refractivity contribution in [3.05, 3.63) is 34.9 Å². The van der Waals surface area contributed by atoms with Crippen molar-refractivity contribution in [3.63, 3.8) is 0 Å². The summed E-state index contributed by atoms with van der Waals surface area (Å²) in [5, 5.41) is 9.26. The van der Waals surface area contributed by atoms with Crippen molar-refractivity contribution >= 4 is 0 Å². The van der Waals surface area contributed by atoms with Crippen LogP contribution in [0.4, 0.5) is 0 Å². The van der Waals surface area contributed by atoms with Gasteiger partial charge < -0.3 is 9.84 Å². The van der Waals surface area contributed by atoms with Crippen LogP contribution in [0.2, 0.25) is 0 Å². The molecule has 0 spiro atoms. The molecule has 0 amide bonds. The Kier molecular flexibility index (Phi) is 3.08. The molecular weight excluding hydrogens is 188 g/mol. The molecular formula is C13H18O2. The first-order valence-electron chi connectivity index (χ1n) is 5.52. The highest BCUT2D eigenvalue weighted by atomic mass is 16.5. The molecule has 1 aliphatic heterocycles. The molecule has 1 aromatic rings. The predicted octanol–water partition coefficient (Wildman–Crippen LogP) is 2.37. The number of hydrogen-bond acceptors (Lipinski definition) is 2. The van der Waals surface area contributed by atoms with Crippen LogP contribution in [-0.4, -0.2) is 18.3 Å². The number of benzene rings is 1. The van der Waals surface area contributed by atoms with Crippen LogP contribution in [0.15, 0.2) is 18.2 Å². The number of ether oxygens (including phenoxy) is 1. The molecule has 2 nitrogen and oxygen atoms in total. The minimum absolute atomic E-state index is 0.0931. The lowest BCUT2D eigenvalue weighted by atomic mass is 9.92. The van der Waals surface area contributed by atoms with Gasteiger partial charge in [0.1, 0.15) is 0 Å². The Morgan fingerprint density at radius 2 is 2.20 bits per heavy atom. The molecule has 0 saturated carbocycles. The van der Waals surface area contributed by atoms with Crippen molar-refractivity contribution in [2.24, 2.45) is 5.92 Å². The smallest absolute Gasteiger partial charge is 0.0878 e. The number of aryl methyl sites for hydroxylation is 2. The van der Waals surface area contributed by atoms with Crippen molar-refractivity contribution in [1.29, 1.82) is 0 Å². The first-order valence-corrected chi connectivity index (χ1v) is 5.52. The molecule has 2 atom stereocenters. The zero-order chi connectivity index (χ0) is 10.8. The van der Waals surface area contributed by atoms with Gasteiger partial charge in [0.05, 0.1) is 6.10 Å². The molecule has 1 saturated heterocycles. The number of aliphatic hydroxyl groups excluding tert-OH is 1. The molecule has 1 heterocycles. The van der Waals surface area contributed by atoms with Crippen molar-refractivity contribution in [2.75, 3.05) is 13.2 Å². The molecule has 82 valence electrons. The predicted molar refractivity (Wildman–Crippen MR) is 59.8 cm³/mol. The SMILES string of the molecule is Cc1ccc(C2OCCC2CO)c(C)c1. The summed E-state index contributed by atoms with van der Waals surface area (Å²) in [7, 11) is 0. The van der Waals surface area contributed by atoms with Gasteiger partial charge in [-0.25, -0.2) is 0 Å². The van der Waals surface area contributed by atoms with E-state index in [0.717, 1.165) is 13.0 Å². The first kappa shape index (κ1) is 10.7. The second-order valence-corrected chi connectivity index (χ2v) is 4.38. The summed E-state index contributed by atoms with van der Waals surface area (Å²) in [6, 6.07) is 6.41. The van der Waals surface area contributed by atoms with Gasteiger partial charge in [-0.05, 0) is 31.4 Å². The summed E-state index contributed by atoms with van der Waals surface area (Å²) in [6.07, 6.45) is 1.06. The van der Waals surface area contributed by atoms with Crippen LogP contribution in [0.1, 0.15) is 29.2 Å². The van der Waals surface area contributed by atoms with E-state index in [1.54, 1.807) is 0 Å². The van der Waals surface area contributed by atoms with Crippen LogP contribution in [0.3, 0.4) is 0 Å². The van der Waals surface area contributed by atoms with Gasteiger partial charge in [-0.15, -0.1) is 0 Å². The second-order valence-electron chi connectivity index (χ2n) is 4.38. The molecule has 0 bridgehead atoms. The Hall–Kier alpha value is -0.860. The zero-order valence-corrected chi connectivity index (χ0v) is 9.36. The van der Waals surface area contributed by atoms with Crippen molar-refractivity contribution < 1.29 is 9.84 Å². The third kappa shape index (κ3) is 2.06. The van der Waals surface area contributed by atoms with Gasteiger partial charge in [0, 0.05) is 19.1 Å². The summed E-state index contributed by atoms with van der Waals surface area (Å²) < 4.78 is 5.70. The van der Waals surface area contributed by atoms with E-state index >= 15 is 0 Å². The van der Waals surface area contributed by atoms with E-state index in [9.17, 15) is 5.11 Å². The van der Waals surface area contributed by atoms with Crippen molar-refractivity contribution in [1.82, 2.24) is 0 Å². The maximum Gasteiger partial charge on any atom is 0.0878 e. The lowest BCUT2D eigenvalue weighted by Crippen LogP contribution is -2.12. The Morgan fingerprint density at radius 3 is 2.87 bits per heavy atom. The summed E-state index contributed by atoms with van der Waals surface area (Å²) in [5.74, 6) is 0.270. The number of hydrogen-bond donors (Lipinski definition) is 1. The van der Waals surface area contributed by atoms with Gasteiger partial charge in [-0.2, -0.15) is 0 Å². The lowest BCUT2D eigenvalue weighted by Gasteiger charge is -2.19. The van der Waals surface area contributed by atoms with Gasteiger partial charge >= 0.3 is 0 Å². The van der Waals surface area contributed by atoms with Crippen LogP contribution in [0.25, 0.3) is 0 Å². The molecule has 2 heteroatoms. The summed E-state index contributed by atoms with van der Waals surface area (Å²) in [5.41, 5.74) is 3.77. The maximum atomic E-state index is 9.26. The van der Waals surface area contributed by atoms with Gasteiger partial charge in [0.25, 0.3) is 0 Å². The van der Waals surface area contributed by atoms with E-state index in [0.29, 0.717) is 0 Å². The molecule has 0 aromatic heterocycles. The molecule has 1 aliphatic rings. The van der Waals surface area contributed by atoms with E-state index < -0.39 is 0 Å². The minimum Gasteiger partial charge on any atom is -0.396 e. The van der Waals surface area contributed by atoms with Crippen LogP contribution in [0, 0.1) is 19.8 Å². The number of aliphatic hydroxyl groups is 1. The average Bonchev–Trinajstić information content (AvgIpc) is 2.65. The molecule has 2 rings (SSSR count). The molecule has 0 radical (unpaired) electrons. The van der Waals surface area contributed by atoms with E-state index in [4.69, 9.17) is 4.74 Å². The topological polar surface area (TPSA) is 29.5 Å². The van der Waals surface area contributed by atoms with E-state index in [1.807, 2.05) is 0 Å². The normalized spacial score (nSPS) is 25.8. The Morgan fingerprint density at radius 1 is 1.40 bits per heavy atom. The summed E-state index contributed by atoms with van der Waals surface area (Å²) in [4.78, 5) is 0. The molecule has 15 heavy (non-hydrogen) atoms. The Balaban J connectivity index is 2.28.